The summed E-state index contributed by atoms with van der Waals surface area (Å²) in [7, 11) is 1.56. The van der Waals surface area contributed by atoms with E-state index >= 15 is 0 Å². The van der Waals surface area contributed by atoms with E-state index in [0.717, 1.165) is 28.9 Å². The number of nitrogens with zero attached hydrogens (tertiary/aromatic N) is 1. The SMILES string of the molecule is CCc1ccc(-c2cc(-c3cccc(NC(=O)OCCOC)c3)n[nH]2)cc1. The number of benzene rings is 2. The maximum absolute atomic E-state index is 11.8. The molecule has 3 aromatic rings. The maximum atomic E-state index is 11.8. The number of hydrogen-bond donors (Lipinski definition) is 2. The highest BCUT2D eigenvalue weighted by Gasteiger charge is 2.08. The highest BCUT2D eigenvalue weighted by molar-refractivity contribution is 5.85. The molecule has 0 aliphatic carbocycles. The first-order chi connectivity index (χ1) is 13.2. The van der Waals surface area contributed by atoms with E-state index in [1.807, 2.05) is 24.3 Å². The molecule has 0 atom stereocenters. The molecule has 2 N–H and O–H groups in total. The third-order valence-electron chi connectivity index (χ3n) is 4.18. The van der Waals surface area contributed by atoms with Gasteiger partial charge in [-0.3, -0.25) is 10.4 Å². The van der Waals surface area contributed by atoms with Crippen molar-refractivity contribution in [1.82, 2.24) is 10.2 Å². The minimum Gasteiger partial charge on any atom is -0.447 e. The summed E-state index contributed by atoms with van der Waals surface area (Å²) in [4.78, 5) is 11.8. The van der Waals surface area contributed by atoms with Gasteiger partial charge in [-0.25, -0.2) is 4.79 Å². The van der Waals surface area contributed by atoms with Crippen LogP contribution in [0.15, 0.2) is 54.6 Å². The average Bonchev–Trinajstić information content (AvgIpc) is 3.19. The number of aromatic nitrogens is 2. The molecule has 0 spiro atoms. The Kier molecular flexibility index (Phi) is 6.22. The quantitative estimate of drug-likeness (QED) is 0.604. The fourth-order valence-electron chi connectivity index (χ4n) is 2.67. The molecule has 0 unspecified atom stereocenters. The predicted molar refractivity (Wildman–Crippen MR) is 106 cm³/mol. The zero-order valence-electron chi connectivity index (χ0n) is 15.5. The van der Waals surface area contributed by atoms with Gasteiger partial charge in [-0.1, -0.05) is 43.3 Å². The Morgan fingerprint density at radius 2 is 1.89 bits per heavy atom. The number of rotatable bonds is 7. The molecule has 0 radical (unpaired) electrons. The Balaban J connectivity index is 1.71. The summed E-state index contributed by atoms with van der Waals surface area (Å²) in [5.41, 5.74) is 5.69. The Hall–Kier alpha value is -3.12. The third-order valence-corrected chi connectivity index (χ3v) is 4.18. The van der Waals surface area contributed by atoms with Crippen LogP contribution in [0.3, 0.4) is 0 Å². The number of H-pyrrole nitrogens is 1. The molecule has 1 aromatic heterocycles. The number of aryl methyl sites for hydroxylation is 1. The Morgan fingerprint density at radius 1 is 1.07 bits per heavy atom. The Labute approximate surface area is 158 Å². The monoisotopic (exact) mass is 365 g/mol. The number of aromatic amines is 1. The summed E-state index contributed by atoms with van der Waals surface area (Å²) < 4.78 is 9.87. The number of anilines is 1. The van der Waals surface area contributed by atoms with Gasteiger partial charge in [0.2, 0.25) is 0 Å². The van der Waals surface area contributed by atoms with E-state index in [1.54, 1.807) is 13.2 Å². The average molecular weight is 365 g/mol. The molecule has 0 aliphatic heterocycles. The van der Waals surface area contributed by atoms with Crippen LogP contribution in [0, 0.1) is 0 Å². The lowest BCUT2D eigenvalue weighted by Gasteiger charge is -2.07. The number of amides is 1. The van der Waals surface area contributed by atoms with Crippen molar-refractivity contribution in [3.8, 4) is 22.5 Å². The van der Waals surface area contributed by atoms with Crippen molar-refractivity contribution in [2.24, 2.45) is 0 Å². The first-order valence-corrected chi connectivity index (χ1v) is 8.87. The fraction of sp³-hybridized carbons (Fsp3) is 0.238. The van der Waals surface area contributed by atoms with Crippen molar-refractivity contribution in [3.05, 3.63) is 60.2 Å². The molecule has 6 nitrogen and oxygen atoms in total. The normalized spacial score (nSPS) is 10.6. The summed E-state index contributed by atoms with van der Waals surface area (Å²) in [6.45, 7) is 2.71. The standard InChI is InChI=1S/C21H23N3O3/c1-3-15-7-9-16(10-8-15)19-14-20(24-23-19)17-5-4-6-18(13-17)22-21(25)27-12-11-26-2/h4-10,13-14H,3,11-12H2,1-2H3,(H,22,25)(H,23,24). The molecule has 1 amide bonds. The van der Waals surface area contributed by atoms with Gasteiger partial charge in [0, 0.05) is 18.4 Å². The minimum atomic E-state index is -0.511. The zero-order chi connectivity index (χ0) is 19.1. The van der Waals surface area contributed by atoms with Gasteiger partial charge < -0.3 is 9.47 Å². The molecular formula is C21H23N3O3. The molecule has 0 saturated carbocycles. The highest BCUT2D eigenvalue weighted by Crippen LogP contribution is 2.26. The highest BCUT2D eigenvalue weighted by atomic mass is 16.6. The van der Waals surface area contributed by atoms with E-state index in [4.69, 9.17) is 9.47 Å². The number of ether oxygens (including phenoxy) is 2. The van der Waals surface area contributed by atoms with Crippen molar-refractivity contribution in [1.29, 1.82) is 0 Å². The lowest BCUT2D eigenvalue weighted by molar-refractivity contribution is 0.107. The number of carbonyl (C=O) groups excluding carboxylic acids is 1. The van der Waals surface area contributed by atoms with Crippen LogP contribution in [0.1, 0.15) is 12.5 Å². The smallest absolute Gasteiger partial charge is 0.411 e. The van der Waals surface area contributed by atoms with Crippen molar-refractivity contribution >= 4 is 11.8 Å². The number of methoxy groups -OCH3 is 1. The van der Waals surface area contributed by atoms with Gasteiger partial charge in [-0.2, -0.15) is 5.10 Å². The molecule has 1 heterocycles. The second kappa shape index (κ2) is 9.00. The molecule has 6 heteroatoms. The molecule has 3 rings (SSSR count). The van der Waals surface area contributed by atoms with Gasteiger partial charge in [-0.15, -0.1) is 0 Å². The number of hydrogen-bond acceptors (Lipinski definition) is 4. The van der Waals surface area contributed by atoms with Gasteiger partial charge in [0.05, 0.1) is 18.0 Å². The van der Waals surface area contributed by atoms with Crippen LogP contribution in [-0.2, 0) is 15.9 Å². The summed E-state index contributed by atoms with van der Waals surface area (Å²) in [6, 6.07) is 17.9. The van der Waals surface area contributed by atoms with E-state index < -0.39 is 6.09 Å². The largest absolute Gasteiger partial charge is 0.447 e. The molecular weight excluding hydrogens is 342 g/mol. The fourth-order valence-corrected chi connectivity index (χ4v) is 2.67. The maximum Gasteiger partial charge on any atom is 0.411 e. The van der Waals surface area contributed by atoms with Crippen molar-refractivity contribution in [2.45, 2.75) is 13.3 Å². The summed E-state index contributed by atoms with van der Waals surface area (Å²) in [5, 5.41) is 10.2. The van der Waals surface area contributed by atoms with Crippen LogP contribution in [0.2, 0.25) is 0 Å². The first-order valence-electron chi connectivity index (χ1n) is 8.87. The van der Waals surface area contributed by atoms with Crippen molar-refractivity contribution in [2.75, 3.05) is 25.6 Å². The van der Waals surface area contributed by atoms with E-state index in [9.17, 15) is 4.79 Å². The molecule has 0 saturated heterocycles. The minimum absolute atomic E-state index is 0.210. The Morgan fingerprint density at radius 3 is 2.63 bits per heavy atom. The second-order valence-electron chi connectivity index (χ2n) is 6.05. The van der Waals surface area contributed by atoms with Gasteiger partial charge in [-0.05, 0) is 35.7 Å². The summed E-state index contributed by atoms with van der Waals surface area (Å²) in [6.07, 6.45) is 0.505. The Bertz CT molecular complexity index is 888. The van der Waals surface area contributed by atoms with Crippen LogP contribution in [0.5, 0.6) is 0 Å². The lowest BCUT2D eigenvalue weighted by Crippen LogP contribution is -2.16. The lowest BCUT2D eigenvalue weighted by atomic mass is 10.1. The molecule has 140 valence electrons. The van der Waals surface area contributed by atoms with Crippen LogP contribution in [-0.4, -0.2) is 36.6 Å². The van der Waals surface area contributed by atoms with Crippen LogP contribution in [0.25, 0.3) is 22.5 Å². The van der Waals surface area contributed by atoms with Gasteiger partial charge in [0.1, 0.15) is 6.61 Å². The predicted octanol–water partition coefficient (Wildman–Crippen LogP) is 4.50. The zero-order valence-corrected chi connectivity index (χ0v) is 15.5. The summed E-state index contributed by atoms with van der Waals surface area (Å²) >= 11 is 0. The molecule has 2 aromatic carbocycles. The van der Waals surface area contributed by atoms with E-state index in [-0.39, 0.29) is 6.61 Å². The van der Waals surface area contributed by atoms with E-state index in [1.165, 1.54) is 5.56 Å². The van der Waals surface area contributed by atoms with Crippen molar-refractivity contribution < 1.29 is 14.3 Å². The van der Waals surface area contributed by atoms with Gasteiger partial charge >= 0.3 is 6.09 Å². The molecule has 0 bridgehead atoms. The van der Waals surface area contributed by atoms with E-state index in [0.29, 0.717) is 12.3 Å². The molecule has 0 aliphatic rings. The molecule has 27 heavy (non-hydrogen) atoms. The molecule has 0 fully saturated rings. The second-order valence-corrected chi connectivity index (χ2v) is 6.05. The third kappa shape index (κ3) is 4.95. The van der Waals surface area contributed by atoms with Gasteiger partial charge in [0.25, 0.3) is 0 Å². The van der Waals surface area contributed by atoms with Gasteiger partial charge in [0.15, 0.2) is 0 Å². The number of carbonyl (C=O) groups is 1. The first kappa shape index (κ1) is 18.7. The van der Waals surface area contributed by atoms with E-state index in [2.05, 4.69) is 46.7 Å². The van der Waals surface area contributed by atoms with Crippen molar-refractivity contribution in [3.63, 3.8) is 0 Å². The van der Waals surface area contributed by atoms with Crippen LogP contribution >= 0.6 is 0 Å². The summed E-state index contributed by atoms with van der Waals surface area (Å²) in [5.74, 6) is 0. The number of nitrogens with one attached hydrogen (secondary N) is 2. The van der Waals surface area contributed by atoms with Crippen LogP contribution < -0.4 is 5.32 Å². The topological polar surface area (TPSA) is 76.2 Å². The van der Waals surface area contributed by atoms with Crippen LogP contribution in [0.4, 0.5) is 10.5 Å².